The molecule has 0 bridgehead atoms. The van der Waals surface area contributed by atoms with Gasteiger partial charge in [-0.2, -0.15) is 0 Å². The molecule has 2 rings (SSSR count). The lowest BCUT2D eigenvalue weighted by molar-refractivity contribution is -0.196. The highest BCUT2D eigenvalue weighted by atomic mass is 16.6. The van der Waals surface area contributed by atoms with E-state index < -0.39 is 48.7 Å². The summed E-state index contributed by atoms with van der Waals surface area (Å²) >= 11 is 0. The van der Waals surface area contributed by atoms with Crippen molar-refractivity contribution < 1.29 is 45.0 Å². The molecule has 1 saturated carbocycles. The number of carboxylic acids is 1. The Kier molecular flexibility index (Phi) is 5.31. The molecule has 0 aliphatic heterocycles. The van der Waals surface area contributed by atoms with Gasteiger partial charge in [-0.15, -0.1) is 0 Å². The maximum Gasteiger partial charge on any atom is 0.335 e. The van der Waals surface area contributed by atoms with E-state index in [4.69, 9.17) is 9.84 Å². The highest BCUT2D eigenvalue weighted by Gasteiger charge is 2.50. The van der Waals surface area contributed by atoms with Crippen molar-refractivity contribution in [2.75, 3.05) is 0 Å². The molecule has 1 aromatic rings. The smallest absolute Gasteiger partial charge is 0.335 e. The number of phenols is 2. The van der Waals surface area contributed by atoms with Crippen molar-refractivity contribution >= 4 is 18.0 Å². The zero-order valence-electron chi connectivity index (χ0n) is 12.9. The van der Waals surface area contributed by atoms with Crippen LogP contribution in [-0.2, 0) is 14.3 Å². The predicted molar refractivity (Wildman–Crippen MR) is 82.5 cm³/mol. The highest BCUT2D eigenvalue weighted by Crippen LogP contribution is 2.31. The summed E-state index contributed by atoms with van der Waals surface area (Å²) in [4.78, 5) is 22.9. The van der Waals surface area contributed by atoms with Crippen LogP contribution in [0.2, 0.25) is 0 Å². The number of carboxylic acid groups (broad SMARTS) is 1. The van der Waals surface area contributed by atoms with E-state index in [2.05, 4.69) is 0 Å². The number of aliphatic carboxylic acids is 1. The van der Waals surface area contributed by atoms with Crippen molar-refractivity contribution in [1.29, 1.82) is 0 Å². The predicted octanol–water partition coefficient (Wildman–Crippen LogP) is -0.646. The first-order chi connectivity index (χ1) is 11.6. The Morgan fingerprint density at radius 3 is 2.44 bits per heavy atom. The molecule has 9 heteroatoms. The topological polar surface area (TPSA) is 165 Å². The lowest BCUT2D eigenvalue weighted by atomic mass is 9.79. The van der Waals surface area contributed by atoms with Crippen molar-refractivity contribution in [2.45, 2.75) is 36.8 Å². The molecule has 0 aromatic heterocycles. The fourth-order valence-electron chi connectivity index (χ4n) is 2.53. The standard InChI is InChI=1S/C16H18O9/c17-9-3-1-8(5-10(9)18)2-4-13(20)25-12-7-16(24,15(22)23)6-11(19)14(12)21/h1-5,11-12,14,17-19,21,24H,6-7H2,(H,22,23)/b4-2+/t11-,12+,14+,16+/m0/s1. The molecule has 136 valence electrons. The number of carbonyl (C=O) groups excluding carboxylic acids is 1. The number of phenolic OH excluding ortho intramolecular Hbond substituents is 2. The van der Waals surface area contributed by atoms with Crippen molar-refractivity contribution in [2.24, 2.45) is 0 Å². The fourth-order valence-corrected chi connectivity index (χ4v) is 2.53. The Morgan fingerprint density at radius 1 is 1.16 bits per heavy atom. The van der Waals surface area contributed by atoms with E-state index in [-0.39, 0.29) is 11.5 Å². The van der Waals surface area contributed by atoms with Gasteiger partial charge in [-0.1, -0.05) is 6.07 Å². The summed E-state index contributed by atoms with van der Waals surface area (Å²) < 4.78 is 4.92. The van der Waals surface area contributed by atoms with Crippen LogP contribution in [-0.4, -0.2) is 66.5 Å². The molecule has 0 saturated heterocycles. The molecule has 0 heterocycles. The average Bonchev–Trinajstić information content (AvgIpc) is 2.53. The molecular formula is C16H18O9. The van der Waals surface area contributed by atoms with E-state index in [1.54, 1.807) is 0 Å². The highest BCUT2D eigenvalue weighted by molar-refractivity contribution is 5.87. The Bertz CT molecular complexity index is 699. The first-order valence-corrected chi connectivity index (χ1v) is 7.35. The number of aliphatic hydroxyl groups excluding tert-OH is 2. The molecule has 1 fully saturated rings. The van der Waals surface area contributed by atoms with E-state index >= 15 is 0 Å². The van der Waals surface area contributed by atoms with Gasteiger partial charge in [0.15, 0.2) is 17.1 Å². The summed E-state index contributed by atoms with van der Waals surface area (Å²) in [7, 11) is 0. The molecule has 1 aliphatic carbocycles. The number of aromatic hydroxyl groups is 2. The van der Waals surface area contributed by atoms with Crippen molar-refractivity contribution in [1.82, 2.24) is 0 Å². The summed E-state index contributed by atoms with van der Waals surface area (Å²) in [5, 5.41) is 57.0. The first kappa shape index (κ1) is 18.7. The third-order valence-corrected chi connectivity index (χ3v) is 3.94. The maximum absolute atomic E-state index is 11.8. The molecule has 0 amide bonds. The number of hydrogen-bond donors (Lipinski definition) is 6. The van der Waals surface area contributed by atoms with Gasteiger partial charge < -0.3 is 35.4 Å². The molecule has 25 heavy (non-hydrogen) atoms. The van der Waals surface area contributed by atoms with Crippen molar-refractivity contribution in [3.8, 4) is 11.5 Å². The Morgan fingerprint density at radius 2 is 1.84 bits per heavy atom. The average molecular weight is 354 g/mol. The van der Waals surface area contributed by atoms with Crippen LogP contribution >= 0.6 is 0 Å². The SMILES string of the molecule is O=C(/C=C/c1ccc(O)c(O)c1)O[C@@H]1C[C@@](O)(C(=O)O)C[C@H](O)[C@H]1O. The Hall–Kier alpha value is -2.62. The number of esters is 1. The minimum Gasteiger partial charge on any atom is -0.504 e. The zero-order valence-corrected chi connectivity index (χ0v) is 12.9. The molecular weight excluding hydrogens is 336 g/mol. The third-order valence-electron chi connectivity index (χ3n) is 3.94. The molecule has 0 unspecified atom stereocenters. The number of rotatable bonds is 4. The van der Waals surface area contributed by atoms with Crippen LogP contribution in [0.15, 0.2) is 24.3 Å². The van der Waals surface area contributed by atoms with Gasteiger partial charge in [-0.05, 0) is 23.8 Å². The van der Waals surface area contributed by atoms with E-state index in [1.807, 2.05) is 0 Å². The second-order valence-electron chi connectivity index (χ2n) is 5.86. The van der Waals surface area contributed by atoms with E-state index in [9.17, 15) is 35.1 Å². The van der Waals surface area contributed by atoms with Gasteiger partial charge in [0.05, 0.1) is 6.10 Å². The van der Waals surface area contributed by atoms with E-state index in [0.717, 1.165) is 6.08 Å². The molecule has 9 nitrogen and oxygen atoms in total. The number of hydrogen-bond acceptors (Lipinski definition) is 8. The van der Waals surface area contributed by atoms with Crippen LogP contribution in [0.3, 0.4) is 0 Å². The molecule has 0 spiro atoms. The summed E-state index contributed by atoms with van der Waals surface area (Å²) in [6.45, 7) is 0. The van der Waals surface area contributed by atoms with Gasteiger partial charge in [-0.25, -0.2) is 9.59 Å². The number of ether oxygens (including phenoxy) is 1. The van der Waals surface area contributed by atoms with Gasteiger partial charge in [0.2, 0.25) is 0 Å². The van der Waals surface area contributed by atoms with Gasteiger partial charge in [-0.3, -0.25) is 0 Å². The zero-order chi connectivity index (χ0) is 18.8. The van der Waals surface area contributed by atoms with E-state index in [1.165, 1.54) is 24.3 Å². The quantitative estimate of drug-likeness (QED) is 0.234. The molecule has 4 atom stereocenters. The molecule has 1 aromatic carbocycles. The van der Waals surface area contributed by atoms with Gasteiger partial charge in [0.1, 0.15) is 12.2 Å². The summed E-state index contributed by atoms with van der Waals surface area (Å²) in [6, 6.07) is 3.83. The number of carbonyl (C=O) groups is 2. The van der Waals surface area contributed by atoms with E-state index in [0.29, 0.717) is 5.56 Å². The van der Waals surface area contributed by atoms with Crippen LogP contribution < -0.4 is 0 Å². The van der Waals surface area contributed by atoms with Gasteiger partial charge in [0, 0.05) is 18.9 Å². The summed E-state index contributed by atoms with van der Waals surface area (Å²) in [6.07, 6.45) is -3.44. The first-order valence-electron chi connectivity index (χ1n) is 7.35. The monoisotopic (exact) mass is 354 g/mol. The van der Waals surface area contributed by atoms with Crippen LogP contribution in [0.5, 0.6) is 11.5 Å². The Labute approximate surface area is 142 Å². The van der Waals surface area contributed by atoms with Crippen LogP contribution in [0, 0.1) is 0 Å². The summed E-state index contributed by atoms with van der Waals surface area (Å²) in [5.74, 6) is -3.24. The van der Waals surface area contributed by atoms with Gasteiger partial charge >= 0.3 is 11.9 Å². The minimum atomic E-state index is -2.31. The van der Waals surface area contributed by atoms with Crippen LogP contribution in [0.1, 0.15) is 18.4 Å². The van der Waals surface area contributed by atoms with Crippen LogP contribution in [0.4, 0.5) is 0 Å². The van der Waals surface area contributed by atoms with Crippen LogP contribution in [0.25, 0.3) is 6.08 Å². The molecule has 1 aliphatic rings. The number of benzene rings is 1. The maximum atomic E-state index is 11.8. The molecule has 6 N–H and O–H groups in total. The molecule has 0 radical (unpaired) electrons. The lowest BCUT2D eigenvalue weighted by Gasteiger charge is -2.39. The normalized spacial score (nSPS) is 29.5. The largest absolute Gasteiger partial charge is 0.504 e. The second kappa shape index (κ2) is 7.09. The summed E-state index contributed by atoms with van der Waals surface area (Å²) in [5.41, 5.74) is -1.94. The third kappa shape index (κ3) is 4.27. The fraction of sp³-hybridized carbons (Fsp3) is 0.375. The van der Waals surface area contributed by atoms with Crippen molar-refractivity contribution in [3.63, 3.8) is 0 Å². The second-order valence-corrected chi connectivity index (χ2v) is 5.86. The van der Waals surface area contributed by atoms with Gasteiger partial charge in [0.25, 0.3) is 0 Å². The Balaban J connectivity index is 2.06. The lowest BCUT2D eigenvalue weighted by Crippen LogP contribution is -2.57. The minimum absolute atomic E-state index is 0.327. The van der Waals surface area contributed by atoms with Crippen molar-refractivity contribution in [3.05, 3.63) is 29.8 Å². The number of aliphatic hydroxyl groups is 3.